The Morgan fingerprint density at radius 2 is 1.86 bits per heavy atom. The van der Waals surface area contributed by atoms with Gasteiger partial charge in [0.05, 0.1) is 11.4 Å². The van der Waals surface area contributed by atoms with E-state index in [9.17, 15) is 13.4 Å². The van der Waals surface area contributed by atoms with Gasteiger partial charge in [0, 0.05) is 13.1 Å². The van der Waals surface area contributed by atoms with E-state index in [2.05, 4.69) is 0 Å². The second-order valence-corrected chi connectivity index (χ2v) is 7.94. The molecule has 9 heteroatoms. The molecule has 1 amide bonds. The van der Waals surface area contributed by atoms with E-state index in [0.29, 0.717) is 12.3 Å². The van der Waals surface area contributed by atoms with Crippen LogP contribution >= 0.6 is 0 Å². The van der Waals surface area contributed by atoms with Crippen molar-refractivity contribution in [3.8, 4) is 11.5 Å². The molecule has 1 atom stereocenters. The predicted octanol–water partition coefficient (Wildman–Crippen LogP) is 2.32. The molecule has 0 radical (unpaired) electrons. The lowest BCUT2D eigenvalue weighted by Crippen LogP contribution is -2.40. The Kier molecular flexibility index (Phi) is 8.06. The number of amides is 1. The van der Waals surface area contributed by atoms with Crippen molar-refractivity contribution in [1.29, 1.82) is 0 Å². The van der Waals surface area contributed by atoms with Crippen molar-refractivity contribution in [1.82, 2.24) is 14.7 Å². The highest BCUT2D eigenvalue weighted by molar-refractivity contribution is 7.82. The van der Waals surface area contributed by atoms with Crippen molar-refractivity contribution in [2.45, 2.75) is 11.8 Å². The number of hydrogen-bond acceptors (Lipinski definition) is 5. The number of likely N-dealkylation sites (N-methyl/N-ethyl adjacent to an activating group) is 1. The summed E-state index contributed by atoms with van der Waals surface area (Å²) in [6.45, 7) is 2.46. The summed E-state index contributed by atoms with van der Waals surface area (Å²) in [7, 11) is 1.89. The number of benzene rings is 2. The van der Waals surface area contributed by atoms with Crippen LogP contribution in [0.15, 0.2) is 47.4 Å². The Morgan fingerprint density at radius 1 is 1.18 bits per heavy atom. The molecule has 0 heterocycles. The first kappa shape index (κ1) is 22.0. The van der Waals surface area contributed by atoms with Gasteiger partial charge in [0.25, 0.3) is 5.91 Å². The summed E-state index contributed by atoms with van der Waals surface area (Å²) in [6, 6.07) is 11.2. The number of nitrogens with one attached hydrogen (secondary N) is 1. The van der Waals surface area contributed by atoms with Gasteiger partial charge in [0.15, 0.2) is 11.6 Å². The molecule has 0 spiro atoms. The quantitative estimate of drug-likeness (QED) is 0.491. The average molecular weight is 409 g/mol. The molecule has 0 fully saturated rings. The van der Waals surface area contributed by atoms with E-state index in [1.807, 2.05) is 38.1 Å². The number of halogens is 1. The molecule has 152 valence electrons. The van der Waals surface area contributed by atoms with Crippen LogP contribution in [0.3, 0.4) is 0 Å². The first-order valence-electron chi connectivity index (χ1n) is 8.58. The van der Waals surface area contributed by atoms with Gasteiger partial charge in [-0.3, -0.25) is 10.0 Å². The van der Waals surface area contributed by atoms with E-state index in [4.69, 9.17) is 9.94 Å². The number of rotatable bonds is 9. The van der Waals surface area contributed by atoms with E-state index < -0.39 is 22.7 Å². The van der Waals surface area contributed by atoms with Crippen molar-refractivity contribution in [3.63, 3.8) is 0 Å². The highest BCUT2D eigenvalue weighted by Gasteiger charge is 2.20. The fourth-order valence-corrected chi connectivity index (χ4v) is 3.45. The average Bonchev–Trinajstić information content (AvgIpc) is 2.67. The molecular weight excluding hydrogens is 385 g/mol. The van der Waals surface area contributed by atoms with Gasteiger partial charge in [-0.1, -0.05) is 17.7 Å². The molecule has 2 aromatic carbocycles. The highest BCUT2D eigenvalue weighted by atomic mass is 32.2. The number of hydrogen-bond donors (Lipinski definition) is 2. The molecule has 2 rings (SSSR count). The SMILES string of the molecule is Cc1ccc(Oc2ccc(S(=O)N(CCN(C)C)CC(=O)NO)cc2F)cc1. The largest absolute Gasteiger partial charge is 0.454 e. The van der Waals surface area contributed by atoms with Crippen LogP contribution in [0, 0.1) is 12.7 Å². The van der Waals surface area contributed by atoms with Crippen LogP contribution in [0.4, 0.5) is 4.39 Å². The van der Waals surface area contributed by atoms with E-state index in [-0.39, 0.29) is 23.7 Å². The second kappa shape index (κ2) is 10.3. The van der Waals surface area contributed by atoms with Crippen LogP contribution in [-0.2, 0) is 15.8 Å². The summed E-state index contributed by atoms with van der Waals surface area (Å²) in [4.78, 5) is 13.6. The third kappa shape index (κ3) is 6.38. The minimum absolute atomic E-state index is 0.0116. The Morgan fingerprint density at radius 3 is 2.43 bits per heavy atom. The summed E-state index contributed by atoms with van der Waals surface area (Å²) in [6.07, 6.45) is 0. The molecule has 0 aliphatic carbocycles. The molecule has 2 N–H and O–H groups in total. The topological polar surface area (TPSA) is 82.1 Å². The summed E-state index contributed by atoms with van der Waals surface area (Å²) in [5.74, 6) is -0.861. The van der Waals surface area contributed by atoms with Gasteiger partial charge in [-0.25, -0.2) is 18.4 Å². The van der Waals surface area contributed by atoms with Crippen molar-refractivity contribution in [2.75, 3.05) is 33.7 Å². The molecule has 0 saturated carbocycles. The maximum Gasteiger partial charge on any atom is 0.258 e. The first-order chi connectivity index (χ1) is 13.3. The zero-order valence-corrected chi connectivity index (χ0v) is 16.8. The van der Waals surface area contributed by atoms with Gasteiger partial charge in [-0.05, 0) is 51.4 Å². The Balaban J connectivity index is 2.17. The maximum absolute atomic E-state index is 14.5. The summed E-state index contributed by atoms with van der Waals surface area (Å²) in [5, 5.41) is 8.74. The highest BCUT2D eigenvalue weighted by Crippen LogP contribution is 2.26. The van der Waals surface area contributed by atoms with Crippen molar-refractivity contribution in [3.05, 3.63) is 53.8 Å². The van der Waals surface area contributed by atoms with Crippen LogP contribution in [-0.4, -0.2) is 58.3 Å². The summed E-state index contributed by atoms with van der Waals surface area (Å²) < 4.78 is 34.2. The monoisotopic (exact) mass is 409 g/mol. The Labute approximate surface area is 166 Å². The van der Waals surface area contributed by atoms with Gasteiger partial charge in [0.2, 0.25) is 0 Å². The van der Waals surface area contributed by atoms with Gasteiger partial charge in [-0.2, -0.15) is 0 Å². The van der Waals surface area contributed by atoms with Crippen LogP contribution in [0.5, 0.6) is 11.5 Å². The van der Waals surface area contributed by atoms with Crippen LogP contribution < -0.4 is 10.2 Å². The zero-order valence-electron chi connectivity index (χ0n) is 16.0. The summed E-state index contributed by atoms with van der Waals surface area (Å²) >= 11 is 0. The molecule has 0 aliphatic rings. The Hall–Kier alpha value is -2.33. The smallest absolute Gasteiger partial charge is 0.258 e. The van der Waals surface area contributed by atoms with Crippen LogP contribution in [0.1, 0.15) is 5.56 Å². The first-order valence-corrected chi connectivity index (χ1v) is 9.69. The minimum atomic E-state index is -1.79. The standard InChI is InChI=1S/C19H24FN3O4S/c1-14-4-6-15(7-5-14)27-18-9-8-16(12-17(18)20)28(26)23(11-10-22(2)3)13-19(24)21-25/h4-9,12,25H,10-11,13H2,1-3H3,(H,21,24). The number of nitrogens with zero attached hydrogens (tertiary/aromatic N) is 2. The molecule has 28 heavy (non-hydrogen) atoms. The van der Waals surface area contributed by atoms with Crippen molar-refractivity contribution >= 4 is 16.9 Å². The number of ether oxygens (including phenoxy) is 1. The van der Waals surface area contributed by atoms with Gasteiger partial charge >= 0.3 is 0 Å². The minimum Gasteiger partial charge on any atom is -0.454 e. The molecule has 0 saturated heterocycles. The van der Waals surface area contributed by atoms with Crippen molar-refractivity contribution in [2.24, 2.45) is 0 Å². The third-order valence-corrected chi connectivity index (χ3v) is 5.27. The molecule has 0 aromatic heterocycles. The molecule has 0 aliphatic heterocycles. The van der Waals surface area contributed by atoms with E-state index in [1.165, 1.54) is 21.9 Å². The zero-order chi connectivity index (χ0) is 20.7. The third-order valence-electron chi connectivity index (χ3n) is 3.83. The normalized spacial score (nSPS) is 12.2. The van der Waals surface area contributed by atoms with Gasteiger partial charge < -0.3 is 9.64 Å². The van der Waals surface area contributed by atoms with Gasteiger partial charge in [-0.15, -0.1) is 0 Å². The molecule has 7 nitrogen and oxygen atoms in total. The second-order valence-electron chi connectivity index (χ2n) is 6.46. The molecular formula is C19H24FN3O4S. The fourth-order valence-electron chi connectivity index (χ4n) is 2.28. The maximum atomic E-state index is 14.5. The predicted molar refractivity (Wildman–Crippen MR) is 104 cm³/mol. The van der Waals surface area contributed by atoms with E-state index in [0.717, 1.165) is 11.6 Å². The lowest BCUT2D eigenvalue weighted by Gasteiger charge is -2.22. The number of aryl methyl sites for hydroxylation is 1. The van der Waals surface area contributed by atoms with Gasteiger partial charge in [0.1, 0.15) is 16.7 Å². The van der Waals surface area contributed by atoms with Crippen LogP contribution in [0.25, 0.3) is 0 Å². The number of hydroxylamine groups is 1. The number of carbonyl (C=O) groups excluding carboxylic acids is 1. The molecule has 2 aromatic rings. The van der Waals surface area contributed by atoms with Crippen molar-refractivity contribution < 1.29 is 23.3 Å². The lowest BCUT2D eigenvalue weighted by molar-refractivity contribution is -0.129. The number of carbonyl (C=O) groups is 1. The lowest BCUT2D eigenvalue weighted by atomic mass is 10.2. The fraction of sp³-hybridized carbons (Fsp3) is 0.316. The molecule has 0 bridgehead atoms. The van der Waals surface area contributed by atoms with E-state index in [1.54, 1.807) is 12.1 Å². The Bertz CT molecular complexity index is 830. The van der Waals surface area contributed by atoms with E-state index >= 15 is 0 Å². The van der Waals surface area contributed by atoms with Crippen LogP contribution in [0.2, 0.25) is 0 Å². The molecule has 1 unspecified atom stereocenters. The summed E-state index contributed by atoms with van der Waals surface area (Å²) in [5.41, 5.74) is 2.58.